The summed E-state index contributed by atoms with van der Waals surface area (Å²) in [6, 6.07) is 0. The molecular formula is C7H16N3NaO2. The topological polar surface area (TPSA) is 64.7 Å². The van der Waals surface area contributed by atoms with Crippen molar-refractivity contribution in [2.24, 2.45) is 5.28 Å². The number of nitrogens with zero attached hydrogens (tertiary/aromatic N) is 3. The van der Waals surface area contributed by atoms with Gasteiger partial charge in [0, 0.05) is 4.97 Å². The summed E-state index contributed by atoms with van der Waals surface area (Å²) in [7, 11) is 0. The van der Waals surface area contributed by atoms with Gasteiger partial charge >= 0.3 is 29.6 Å². The molecule has 0 aliphatic rings. The molecule has 0 aromatic heterocycles. The van der Waals surface area contributed by atoms with Gasteiger partial charge in [-0.05, 0) is 32.5 Å². The van der Waals surface area contributed by atoms with Crippen LogP contribution in [-0.2, 0) is 0 Å². The molecule has 0 bridgehead atoms. The van der Waals surface area contributed by atoms with Crippen LogP contribution in [0.1, 0.15) is 34.1 Å². The third-order valence-corrected chi connectivity index (χ3v) is 1.49. The second kappa shape index (κ2) is 6.45. The fraction of sp³-hybridized carbons (Fsp3) is 1.00. The molecule has 72 valence electrons. The molecule has 0 spiro atoms. The van der Waals surface area contributed by atoms with Crippen LogP contribution in [0.5, 0.6) is 0 Å². The predicted octanol–water partition coefficient (Wildman–Crippen LogP) is -1.12. The van der Waals surface area contributed by atoms with E-state index in [4.69, 9.17) is 0 Å². The van der Waals surface area contributed by atoms with Crippen LogP contribution >= 0.6 is 0 Å². The molecule has 0 fully saturated rings. The molecule has 0 aromatic carbocycles. The molecule has 6 heteroatoms. The van der Waals surface area contributed by atoms with Crippen molar-refractivity contribution in [3.63, 3.8) is 0 Å². The van der Waals surface area contributed by atoms with Crippen LogP contribution in [0.2, 0.25) is 0 Å². The molecule has 13 heavy (non-hydrogen) atoms. The second-order valence-corrected chi connectivity index (χ2v) is 3.63. The van der Waals surface area contributed by atoms with Gasteiger partial charge in [0.1, 0.15) is 0 Å². The van der Waals surface area contributed by atoms with Crippen LogP contribution in [0.3, 0.4) is 0 Å². The van der Waals surface area contributed by atoms with E-state index in [1.165, 1.54) is 5.01 Å². The molecule has 0 atom stereocenters. The number of rotatable bonds is 3. The van der Waals surface area contributed by atoms with Crippen LogP contribution in [0.25, 0.3) is 0 Å². The maximum absolute atomic E-state index is 10.9. The first-order chi connectivity index (χ1) is 5.43. The molecule has 0 heterocycles. The summed E-state index contributed by atoms with van der Waals surface area (Å²) in [5, 5.41) is 24.6. The van der Waals surface area contributed by atoms with E-state index in [2.05, 4.69) is 5.28 Å². The van der Waals surface area contributed by atoms with Crippen molar-refractivity contribution in [2.45, 2.75) is 39.7 Å². The molecule has 0 saturated carbocycles. The smallest absolute Gasteiger partial charge is 0.737 e. The summed E-state index contributed by atoms with van der Waals surface area (Å²) in [5.41, 5.74) is -0.355. The van der Waals surface area contributed by atoms with Crippen molar-refractivity contribution in [1.29, 1.82) is 0 Å². The van der Waals surface area contributed by atoms with Crippen molar-refractivity contribution < 1.29 is 34.5 Å². The van der Waals surface area contributed by atoms with Crippen LogP contribution < -0.4 is 29.6 Å². The van der Waals surface area contributed by atoms with Gasteiger partial charge in [-0.25, -0.2) is 0 Å². The van der Waals surface area contributed by atoms with Crippen molar-refractivity contribution in [3.8, 4) is 0 Å². The molecule has 0 aromatic rings. The van der Waals surface area contributed by atoms with E-state index in [-0.39, 0.29) is 40.1 Å². The Morgan fingerprint density at radius 2 is 1.85 bits per heavy atom. The maximum atomic E-state index is 10.9. The summed E-state index contributed by atoms with van der Waals surface area (Å²) < 4.78 is 0. The van der Waals surface area contributed by atoms with Gasteiger partial charge in [-0.15, -0.1) is 5.01 Å². The molecule has 0 saturated heterocycles. The SMILES string of the molecule is CCCN([N+]([O-])=N[O-])C(C)(C)C.[Na+]. The van der Waals surface area contributed by atoms with Gasteiger partial charge in [0.25, 0.3) is 0 Å². The first kappa shape index (κ1) is 15.5. The third-order valence-electron chi connectivity index (χ3n) is 1.49. The largest absolute Gasteiger partial charge is 1.00 e. The molecule has 0 rings (SSSR count). The van der Waals surface area contributed by atoms with Crippen molar-refractivity contribution >= 4 is 0 Å². The molecule has 5 nitrogen and oxygen atoms in total. The molecule has 0 N–H and O–H groups in total. The van der Waals surface area contributed by atoms with E-state index < -0.39 is 0 Å². The van der Waals surface area contributed by atoms with Crippen LogP contribution in [-0.4, -0.2) is 22.1 Å². The minimum Gasteiger partial charge on any atom is -0.737 e. The Balaban J connectivity index is 0. The normalized spacial score (nSPS) is 12.2. The third kappa shape index (κ3) is 5.33. The standard InChI is InChI=1S/C7H17N3O2.Na/c1-5-6-9(7(2,3)4)10(12)8-11;/h11H,5-6H2,1-4H3;/q;+1/p-1. The van der Waals surface area contributed by atoms with Crippen molar-refractivity contribution in [1.82, 2.24) is 5.01 Å². The Kier molecular flexibility index (Phi) is 7.68. The minimum absolute atomic E-state index is 0. The average Bonchev–Trinajstić information content (AvgIpc) is 1.96. The Labute approximate surface area is 101 Å². The van der Waals surface area contributed by atoms with Gasteiger partial charge in [-0.2, -0.15) is 0 Å². The predicted molar refractivity (Wildman–Crippen MR) is 46.2 cm³/mol. The first-order valence-electron chi connectivity index (χ1n) is 4.01. The van der Waals surface area contributed by atoms with Gasteiger partial charge in [0.15, 0.2) is 0 Å². The monoisotopic (exact) mass is 197 g/mol. The zero-order chi connectivity index (χ0) is 9.78. The number of hydrogen-bond donors (Lipinski definition) is 0. The summed E-state index contributed by atoms with van der Waals surface area (Å²) in [5.74, 6) is 0. The quantitative estimate of drug-likeness (QED) is 0.249. The summed E-state index contributed by atoms with van der Waals surface area (Å²) in [4.78, 5) is 0.115. The Morgan fingerprint density at radius 1 is 1.38 bits per heavy atom. The Bertz CT molecular complexity index is 168. The maximum Gasteiger partial charge on any atom is 1.00 e. The minimum atomic E-state index is -0.355. The zero-order valence-corrected chi connectivity index (χ0v) is 11.1. The molecular weight excluding hydrogens is 181 g/mol. The van der Waals surface area contributed by atoms with E-state index >= 15 is 0 Å². The fourth-order valence-electron chi connectivity index (χ4n) is 0.933. The van der Waals surface area contributed by atoms with Gasteiger partial charge in [0.2, 0.25) is 0 Å². The fourth-order valence-corrected chi connectivity index (χ4v) is 0.933. The average molecular weight is 197 g/mol. The van der Waals surface area contributed by atoms with Crippen molar-refractivity contribution in [2.75, 3.05) is 6.54 Å². The van der Waals surface area contributed by atoms with Gasteiger partial charge < -0.3 is 10.4 Å². The molecule has 0 amide bonds. The van der Waals surface area contributed by atoms with Gasteiger partial charge in [0.05, 0.1) is 12.1 Å². The van der Waals surface area contributed by atoms with E-state index in [0.29, 0.717) is 6.54 Å². The second-order valence-electron chi connectivity index (χ2n) is 3.63. The zero-order valence-electron chi connectivity index (χ0n) is 9.07. The van der Waals surface area contributed by atoms with E-state index in [0.717, 1.165) is 6.42 Å². The summed E-state index contributed by atoms with van der Waals surface area (Å²) in [6.45, 7) is 8.06. The van der Waals surface area contributed by atoms with Gasteiger partial charge in [-0.3, -0.25) is 0 Å². The summed E-state index contributed by atoms with van der Waals surface area (Å²) in [6.07, 6.45) is 0.811. The van der Waals surface area contributed by atoms with Crippen LogP contribution in [0, 0.1) is 10.4 Å². The van der Waals surface area contributed by atoms with Gasteiger partial charge in [-0.1, -0.05) is 6.92 Å². The van der Waals surface area contributed by atoms with E-state index in [9.17, 15) is 10.4 Å². The van der Waals surface area contributed by atoms with E-state index in [1.807, 2.05) is 27.7 Å². The molecule has 0 aliphatic heterocycles. The molecule has 0 unspecified atom stereocenters. The molecule has 0 aliphatic carbocycles. The van der Waals surface area contributed by atoms with Crippen LogP contribution in [0.15, 0.2) is 5.28 Å². The van der Waals surface area contributed by atoms with Crippen LogP contribution in [0.4, 0.5) is 0 Å². The first-order valence-corrected chi connectivity index (χ1v) is 4.01. The number of hydrazine groups is 1. The molecule has 0 radical (unpaired) electrons. The Hall–Kier alpha value is 0. The van der Waals surface area contributed by atoms with E-state index in [1.54, 1.807) is 0 Å². The number of hydrogen-bond acceptors (Lipinski definition) is 3. The summed E-state index contributed by atoms with van der Waals surface area (Å²) >= 11 is 0. The Morgan fingerprint density at radius 3 is 2.08 bits per heavy atom. The van der Waals surface area contributed by atoms with Crippen molar-refractivity contribution in [3.05, 3.63) is 10.4 Å².